The summed E-state index contributed by atoms with van der Waals surface area (Å²) in [6.07, 6.45) is -2.91. The van der Waals surface area contributed by atoms with Crippen molar-refractivity contribution < 1.29 is 13.2 Å². The number of nitrogens with zero attached hydrogens (tertiary/aromatic N) is 4. The first-order valence-corrected chi connectivity index (χ1v) is 6.30. The van der Waals surface area contributed by atoms with Gasteiger partial charge in [-0.2, -0.15) is 13.2 Å². The van der Waals surface area contributed by atoms with E-state index in [4.69, 9.17) is 0 Å². The number of alkyl halides is 3. The maximum Gasteiger partial charge on any atom is 0.416 e. The predicted octanol–water partition coefficient (Wildman–Crippen LogP) is 2.27. The SMILES string of the molecule is CCNc1cc(C(F)(F)F)cc(NCc2nncn2C)n1. The molecule has 2 rings (SSSR count). The Bertz CT molecular complexity index is 607. The number of rotatable bonds is 5. The number of hydrogen-bond donors (Lipinski definition) is 2. The Morgan fingerprint density at radius 3 is 2.38 bits per heavy atom. The van der Waals surface area contributed by atoms with E-state index in [9.17, 15) is 13.2 Å². The molecule has 9 heteroatoms. The van der Waals surface area contributed by atoms with Gasteiger partial charge >= 0.3 is 6.18 Å². The number of aryl methyl sites for hydroxylation is 1. The topological polar surface area (TPSA) is 67.7 Å². The van der Waals surface area contributed by atoms with Crippen LogP contribution in [0.2, 0.25) is 0 Å². The third-order valence-electron chi connectivity index (χ3n) is 2.74. The third-order valence-corrected chi connectivity index (χ3v) is 2.74. The average Bonchev–Trinajstić information content (AvgIpc) is 2.81. The standard InChI is InChI=1S/C12H15F3N6/c1-3-16-9-4-8(12(13,14)15)5-10(19-9)17-6-11-20-18-7-21(11)2/h4-5,7H,3,6H2,1-2H3,(H2,16,17,19). The zero-order chi connectivity index (χ0) is 15.5. The normalized spacial score (nSPS) is 11.5. The minimum absolute atomic E-state index is 0.128. The van der Waals surface area contributed by atoms with E-state index in [1.54, 1.807) is 18.5 Å². The quantitative estimate of drug-likeness (QED) is 0.886. The summed E-state index contributed by atoms with van der Waals surface area (Å²) in [7, 11) is 1.75. The second-order valence-corrected chi connectivity index (χ2v) is 4.37. The molecule has 0 radical (unpaired) electrons. The van der Waals surface area contributed by atoms with Crippen molar-refractivity contribution >= 4 is 11.6 Å². The molecule has 2 N–H and O–H groups in total. The maximum absolute atomic E-state index is 12.9. The monoisotopic (exact) mass is 300 g/mol. The lowest BCUT2D eigenvalue weighted by atomic mass is 10.2. The fourth-order valence-electron chi connectivity index (χ4n) is 1.69. The molecule has 0 unspecified atom stereocenters. The summed E-state index contributed by atoms with van der Waals surface area (Å²) in [5.41, 5.74) is -0.756. The number of pyridine rings is 1. The molecule has 114 valence electrons. The number of hydrogen-bond acceptors (Lipinski definition) is 5. The van der Waals surface area contributed by atoms with Crippen LogP contribution in [-0.2, 0) is 19.8 Å². The van der Waals surface area contributed by atoms with Gasteiger partial charge < -0.3 is 15.2 Å². The molecule has 0 atom stereocenters. The van der Waals surface area contributed by atoms with Crippen LogP contribution in [-0.4, -0.2) is 26.3 Å². The minimum atomic E-state index is -4.42. The highest BCUT2D eigenvalue weighted by atomic mass is 19.4. The summed E-state index contributed by atoms with van der Waals surface area (Å²) in [4.78, 5) is 4.09. The fourth-order valence-corrected chi connectivity index (χ4v) is 1.69. The Kier molecular flexibility index (Phi) is 4.29. The molecule has 6 nitrogen and oxygen atoms in total. The minimum Gasteiger partial charge on any atom is -0.370 e. The zero-order valence-electron chi connectivity index (χ0n) is 11.6. The summed E-state index contributed by atoms with van der Waals surface area (Å²) < 4.78 is 40.2. The van der Waals surface area contributed by atoms with Gasteiger partial charge in [0.25, 0.3) is 0 Å². The van der Waals surface area contributed by atoms with Gasteiger partial charge in [-0.05, 0) is 19.1 Å². The predicted molar refractivity (Wildman–Crippen MR) is 71.7 cm³/mol. The Morgan fingerprint density at radius 2 is 1.86 bits per heavy atom. The van der Waals surface area contributed by atoms with Gasteiger partial charge in [-0.15, -0.1) is 10.2 Å². The van der Waals surface area contributed by atoms with Crippen LogP contribution in [0.15, 0.2) is 18.5 Å². The first kappa shape index (κ1) is 15.1. The molecule has 2 aromatic rings. The smallest absolute Gasteiger partial charge is 0.370 e. The lowest BCUT2D eigenvalue weighted by molar-refractivity contribution is -0.137. The number of anilines is 2. The van der Waals surface area contributed by atoms with Crippen molar-refractivity contribution in [2.24, 2.45) is 7.05 Å². The number of aromatic nitrogens is 4. The second kappa shape index (κ2) is 5.98. The molecule has 0 saturated heterocycles. The van der Waals surface area contributed by atoms with E-state index in [1.807, 2.05) is 0 Å². The highest BCUT2D eigenvalue weighted by Crippen LogP contribution is 2.32. The summed E-state index contributed by atoms with van der Waals surface area (Å²) in [6, 6.07) is 1.95. The van der Waals surface area contributed by atoms with Gasteiger partial charge in [0, 0.05) is 13.6 Å². The van der Waals surface area contributed by atoms with Gasteiger partial charge in [0.15, 0.2) is 5.82 Å². The Morgan fingerprint density at radius 1 is 1.19 bits per heavy atom. The van der Waals surface area contributed by atoms with E-state index >= 15 is 0 Å². The highest BCUT2D eigenvalue weighted by molar-refractivity contribution is 5.49. The summed E-state index contributed by atoms with van der Waals surface area (Å²) in [6.45, 7) is 2.50. The van der Waals surface area contributed by atoms with Crippen molar-refractivity contribution in [3.05, 3.63) is 29.8 Å². The van der Waals surface area contributed by atoms with Gasteiger partial charge in [0.1, 0.15) is 18.0 Å². The maximum atomic E-state index is 12.9. The van der Waals surface area contributed by atoms with E-state index in [-0.39, 0.29) is 18.2 Å². The fraction of sp³-hybridized carbons (Fsp3) is 0.417. The lowest BCUT2D eigenvalue weighted by Crippen LogP contribution is -2.12. The van der Waals surface area contributed by atoms with E-state index in [2.05, 4.69) is 25.8 Å². The molecule has 2 heterocycles. The van der Waals surface area contributed by atoms with Gasteiger partial charge in [-0.25, -0.2) is 4.98 Å². The third kappa shape index (κ3) is 3.83. The highest BCUT2D eigenvalue weighted by Gasteiger charge is 2.31. The van der Waals surface area contributed by atoms with E-state index in [0.717, 1.165) is 12.1 Å². The molecule has 0 aliphatic rings. The lowest BCUT2D eigenvalue weighted by Gasteiger charge is -2.13. The molecular formula is C12H15F3N6. The van der Waals surface area contributed by atoms with Crippen molar-refractivity contribution in [2.45, 2.75) is 19.6 Å². The van der Waals surface area contributed by atoms with Crippen LogP contribution >= 0.6 is 0 Å². The molecule has 2 aromatic heterocycles. The zero-order valence-corrected chi connectivity index (χ0v) is 11.6. The van der Waals surface area contributed by atoms with Crippen molar-refractivity contribution in [3.8, 4) is 0 Å². The van der Waals surface area contributed by atoms with Crippen molar-refractivity contribution in [2.75, 3.05) is 17.2 Å². The van der Waals surface area contributed by atoms with Crippen molar-refractivity contribution in [3.63, 3.8) is 0 Å². The van der Waals surface area contributed by atoms with E-state index < -0.39 is 11.7 Å². The molecule has 0 spiro atoms. The van der Waals surface area contributed by atoms with Gasteiger partial charge in [0.05, 0.1) is 12.1 Å². The van der Waals surface area contributed by atoms with Gasteiger partial charge in [-0.1, -0.05) is 0 Å². The van der Waals surface area contributed by atoms with Crippen LogP contribution in [0.5, 0.6) is 0 Å². The second-order valence-electron chi connectivity index (χ2n) is 4.37. The molecule has 0 aromatic carbocycles. The summed E-state index contributed by atoms with van der Waals surface area (Å²) in [5.74, 6) is 0.899. The first-order chi connectivity index (χ1) is 9.90. The van der Waals surface area contributed by atoms with Gasteiger partial charge in [-0.3, -0.25) is 0 Å². The molecular weight excluding hydrogens is 285 g/mol. The van der Waals surface area contributed by atoms with Crippen molar-refractivity contribution in [1.29, 1.82) is 0 Å². The van der Waals surface area contributed by atoms with Gasteiger partial charge in [0.2, 0.25) is 0 Å². The van der Waals surface area contributed by atoms with Crippen LogP contribution in [0.25, 0.3) is 0 Å². The number of nitrogens with one attached hydrogen (secondary N) is 2. The Balaban J connectivity index is 2.21. The number of halogens is 3. The summed E-state index contributed by atoms with van der Waals surface area (Å²) >= 11 is 0. The largest absolute Gasteiger partial charge is 0.416 e. The first-order valence-electron chi connectivity index (χ1n) is 6.30. The summed E-state index contributed by atoms with van der Waals surface area (Å²) in [5, 5.41) is 13.1. The van der Waals surface area contributed by atoms with Crippen LogP contribution in [0.4, 0.5) is 24.8 Å². The van der Waals surface area contributed by atoms with Crippen LogP contribution in [0.3, 0.4) is 0 Å². The van der Waals surface area contributed by atoms with Crippen molar-refractivity contribution in [1.82, 2.24) is 19.7 Å². The van der Waals surface area contributed by atoms with E-state index in [1.165, 1.54) is 6.33 Å². The van der Waals surface area contributed by atoms with Crippen LogP contribution < -0.4 is 10.6 Å². The molecule has 21 heavy (non-hydrogen) atoms. The van der Waals surface area contributed by atoms with Crippen LogP contribution in [0, 0.1) is 0 Å². The molecule has 0 aliphatic heterocycles. The molecule has 0 amide bonds. The molecule has 0 fully saturated rings. The van der Waals surface area contributed by atoms with Crippen LogP contribution in [0.1, 0.15) is 18.3 Å². The Hall–Kier alpha value is -2.32. The molecule has 0 bridgehead atoms. The Labute approximate surface area is 119 Å². The molecule has 0 aliphatic carbocycles. The molecule has 0 saturated carbocycles. The average molecular weight is 300 g/mol. The van der Waals surface area contributed by atoms with E-state index in [0.29, 0.717) is 12.4 Å².